The summed E-state index contributed by atoms with van der Waals surface area (Å²) in [4.78, 5) is 22.7. The highest BCUT2D eigenvalue weighted by Gasteiger charge is 2.38. The summed E-state index contributed by atoms with van der Waals surface area (Å²) in [6.07, 6.45) is -5.03. The standard InChI is InChI=1S/C16H10F6N2O2/c17-11-5-4-10(12(18)13(11)19)14(25)24-9-3-1-2-8(6-9)7-23-15(26)16(20,21)22/h1-6H,7H2,(H,23,26)(H,24,25). The second-order valence-corrected chi connectivity index (χ2v) is 5.06. The molecule has 2 aromatic rings. The first-order chi connectivity index (χ1) is 12.1. The predicted octanol–water partition coefficient (Wildman–Crippen LogP) is 3.53. The van der Waals surface area contributed by atoms with Gasteiger partial charge in [0.15, 0.2) is 17.5 Å². The van der Waals surface area contributed by atoms with Crippen molar-refractivity contribution in [2.45, 2.75) is 12.7 Å². The molecule has 10 heteroatoms. The van der Waals surface area contributed by atoms with Gasteiger partial charge in [-0.05, 0) is 29.8 Å². The number of halogens is 6. The van der Waals surface area contributed by atoms with Crippen LogP contribution >= 0.6 is 0 Å². The van der Waals surface area contributed by atoms with Crippen LogP contribution in [0, 0.1) is 17.5 Å². The molecule has 0 saturated carbocycles. The Morgan fingerprint density at radius 1 is 0.962 bits per heavy atom. The van der Waals surface area contributed by atoms with E-state index in [9.17, 15) is 35.9 Å². The van der Waals surface area contributed by atoms with Gasteiger partial charge >= 0.3 is 12.1 Å². The van der Waals surface area contributed by atoms with Crippen molar-refractivity contribution in [3.05, 3.63) is 65.0 Å². The van der Waals surface area contributed by atoms with Crippen molar-refractivity contribution in [2.24, 2.45) is 0 Å². The number of alkyl halides is 3. The maximum Gasteiger partial charge on any atom is 0.471 e. The third kappa shape index (κ3) is 4.52. The molecule has 0 aliphatic carbocycles. The number of amides is 2. The van der Waals surface area contributed by atoms with E-state index in [4.69, 9.17) is 0 Å². The minimum absolute atomic E-state index is 0.0536. The quantitative estimate of drug-likeness (QED) is 0.634. The zero-order chi connectivity index (χ0) is 19.5. The molecule has 2 amide bonds. The molecule has 2 aromatic carbocycles. The third-order valence-corrected chi connectivity index (χ3v) is 3.18. The van der Waals surface area contributed by atoms with Crippen molar-refractivity contribution < 1.29 is 35.9 Å². The lowest BCUT2D eigenvalue weighted by atomic mass is 10.1. The van der Waals surface area contributed by atoms with Crippen LogP contribution in [0.3, 0.4) is 0 Å². The second kappa shape index (κ2) is 7.46. The summed E-state index contributed by atoms with van der Waals surface area (Å²) in [5.41, 5.74) is -0.483. The second-order valence-electron chi connectivity index (χ2n) is 5.06. The predicted molar refractivity (Wildman–Crippen MR) is 78.6 cm³/mol. The molecule has 0 spiro atoms. The van der Waals surface area contributed by atoms with Gasteiger partial charge in [0.05, 0.1) is 5.56 Å². The SMILES string of the molecule is O=C(Nc1cccc(CNC(=O)C(F)(F)F)c1)c1ccc(F)c(F)c1F. The Labute approximate surface area is 142 Å². The van der Waals surface area contributed by atoms with Gasteiger partial charge < -0.3 is 10.6 Å². The van der Waals surface area contributed by atoms with Crippen LogP contribution < -0.4 is 10.6 Å². The van der Waals surface area contributed by atoms with Crippen molar-refractivity contribution in [2.75, 3.05) is 5.32 Å². The van der Waals surface area contributed by atoms with Gasteiger partial charge in [-0.1, -0.05) is 12.1 Å². The molecule has 0 saturated heterocycles. The number of carbonyl (C=O) groups excluding carboxylic acids is 2. The van der Waals surface area contributed by atoms with E-state index in [-0.39, 0.29) is 11.3 Å². The number of nitrogens with one attached hydrogen (secondary N) is 2. The van der Waals surface area contributed by atoms with E-state index in [1.54, 1.807) is 5.32 Å². The Bertz CT molecular complexity index is 851. The molecule has 0 atom stereocenters. The molecule has 0 fully saturated rings. The van der Waals surface area contributed by atoms with Crippen molar-refractivity contribution in [1.29, 1.82) is 0 Å². The van der Waals surface area contributed by atoms with Gasteiger partial charge in [0.2, 0.25) is 0 Å². The van der Waals surface area contributed by atoms with Crippen LogP contribution in [0.4, 0.5) is 32.0 Å². The van der Waals surface area contributed by atoms with Crippen molar-refractivity contribution in [3.63, 3.8) is 0 Å². The molecule has 2 N–H and O–H groups in total. The Hall–Kier alpha value is -3.04. The highest BCUT2D eigenvalue weighted by molar-refractivity contribution is 6.04. The Kier molecular flexibility index (Phi) is 5.53. The lowest BCUT2D eigenvalue weighted by molar-refractivity contribution is -0.173. The Balaban J connectivity index is 2.10. The van der Waals surface area contributed by atoms with Gasteiger partial charge in [-0.2, -0.15) is 13.2 Å². The summed E-state index contributed by atoms with van der Waals surface area (Å²) in [6, 6.07) is 6.64. The van der Waals surface area contributed by atoms with E-state index >= 15 is 0 Å². The molecule has 0 aliphatic rings. The smallest absolute Gasteiger partial charge is 0.344 e. The normalized spacial score (nSPS) is 11.2. The minimum atomic E-state index is -5.03. The lowest BCUT2D eigenvalue weighted by Crippen LogP contribution is -2.36. The van der Waals surface area contributed by atoms with Crippen LogP contribution in [-0.2, 0) is 11.3 Å². The summed E-state index contributed by atoms with van der Waals surface area (Å²) < 4.78 is 76.0. The van der Waals surface area contributed by atoms with Crippen molar-refractivity contribution >= 4 is 17.5 Å². The molecule has 0 bridgehead atoms. The molecular weight excluding hydrogens is 366 g/mol. The number of anilines is 1. The van der Waals surface area contributed by atoms with Crippen LogP contribution in [0.15, 0.2) is 36.4 Å². The van der Waals surface area contributed by atoms with Crippen molar-refractivity contribution in [3.8, 4) is 0 Å². The minimum Gasteiger partial charge on any atom is -0.344 e. The summed E-state index contributed by atoms with van der Waals surface area (Å²) in [5, 5.41) is 3.85. The first kappa shape index (κ1) is 19.3. The van der Waals surface area contributed by atoms with Crippen molar-refractivity contribution in [1.82, 2.24) is 5.32 Å². The largest absolute Gasteiger partial charge is 0.471 e. The Morgan fingerprint density at radius 3 is 2.31 bits per heavy atom. The average Bonchev–Trinajstić information content (AvgIpc) is 2.57. The number of rotatable bonds is 4. The number of hydrogen-bond acceptors (Lipinski definition) is 2. The molecule has 0 heterocycles. The number of carbonyl (C=O) groups is 2. The number of benzene rings is 2. The molecule has 26 heavy (non-hydrogen) atoms. The van der Waals surface area contributed by atoms with E-state index in [1.807, 2.05) is 0 Å². The molecule has 0 unspecified atom stereocenters. The molecule has 0 aromatic heterocycles. The van der Waals surface area contributed by atoms with Gasteiger partial charge in [0.25, 0.3) is 5.91 Å². The fourth-order valence-electron chi connectivity index (χ4n) is 1.94. The topological polar surface area (TPSA) is 58.2 Å². The van der Waals surface area contributed by atoms with Crippen LogP contribution in [0.5, 0.6) is 0 Å². The molecule has 138 valence electrons. The molecule has 0 aliphatic heterocycles. The van der Waals surface area contributed by atoms with Gasteiger partial charge in [0, 0.05) is 12.2 Å². The summed E-state index contributed by atoms with van der Waals surface area (Å²) >= 11 is 0. The number of hydrogen-bond donors (Lipinski definition) is 2. The lowest BCUT2D eigenvalue weighted by Gasteiger charge is -2.10. The molecular formula is C16H10F6N2O2. The zero-order valence-corrected chi connectivity index (χ0v) is 12.8. The van der Waals surface area contributed by atoms with Crippen LogP contribution in [0.1, 0.15) is 15.9 Å². The first-order valence-electron chi connectivity index (χ1n) is 6.98. The summed E-state index contributed by atoms with van der Waals surface area (Å²) in [6.45, 7) is -0.471. The van der Waals surface area contributed by atoms with Crippen LogP contribution in [0.25, 0.3) is 0 Å². The van der Waals surface area contributed by atoms with E-state index in [1.165, 1.54) is 24.3 Å². The molecule has 2 rings (SSSR count). The third-order valence-electron chi connectivity index (χ3n) is 3.18. The van der Waals surface area contributed by atoms with E-state index in [0.717, 1.165) is 6.07 Å². The van der Waals surface area contributed by atoms with Gasteiger partial charge in [0.1, 0.15) is 0 Å². The summed E-state index contributed by atoms with van der Waals surface area (Å²) in [7, 11) is 0. The fraction of sp³-hybridized carbons (Fsp3) is 0.125. The van der Waals surface area contributed by atoms with Crippen LogP contribution in [-0.4, -0.2) is 18.0 Å². The fourth-order valence-corrected chi connectivity index (χ4v) is 1.94. The highest BCUT2D eigenvalue weighted by Crippen LogP contribution is 2.18. The maximum absolute atomic E-state index is 13.6. The first-order valence-corrected chi connectivity index (χ1v) is 6.98. The Morgan fingerprint density at radius 2 is 1.65 bits per heavy atom. The zero-order valence-electron chi connectivity index (χ0n) is 12.8. The average molecular weight is 376 g/mol. The van der Waals surface area contributed by atoms with E-state index in [0.29, 0.717) is 6.07 Å². The van der Waals surface area contributed by atoms with Gasteiger partial charge in [-0.25, -0.2) is 13.2 Å². The van der Waals surface area contributed by atoms with Crippen LogP contribution in [0.2, 0.25) is 0 Å². The molecule has 4 nitrogen and oxygen atoms in total. The van der Waals surface area contributed by atoms with Gasteiger partial charge in [-0.3, -0.25) is 9.59 Å². The summed E-state index contributed by atoms with van der Waals surface area (Å²) in [5.74, 6) is -8.15. The van der Waals surface area contributed by atoms with E-state index < -0.39 is 47.6 Å². The molecule has 0 radical (unpaired) electrons. The van der Waals surface area contributed by atoms with Gasteiger partial charge in [-0.15, -0.1) is 0 Å². The highest BCUT2D eigenvalue weighted by atomic mass is 19.4. The van der Waals surface area contributed by atoms with E-state index in [2.05, 4.69) is 5.32 Å². The maximum atomic E-state index is 13.6. The monoisotopic (exact) mass is 376 g/mol.